The maximum atomic E-state index is 5.30. The largest absolute Gasteiger partial charge is 0.481 e. The van der Waals surface area contributed by atoms with Gasteiger partial charge in [0.25, 0.3) is 0 Å². The molecule has 0 spiro atoms. The van der Waals surface area contributed by atoms with Crippen LogP contribution in [0.1, 0.15) is 25.3 Å². The summed E-state index contributed by atoms with van der Waals surface area (Å²) in [5, 5.41) is 3.40. The van der Waals surface area contributed by atoms with Crippen LogP contribution in [-0.2, 0) is 6.54 Å². The van der Waals surface area contributed by atoms with Gasteiger partial charge in [0, 0.05) is 30.8 Å². The van der Waals surface area contributed by atoms with E-state index in [1.165, 1.54) is 0 Å². The van der Waals surface area contributed by atoms with Crippen LogP contribution in [0.15, 0.2) is 18.3 Å². The highest BCUT2D eigenvalue weighted by atomic mass is 16.5. The zero-order chi connectivity index (χ0) is 11.8. The minimum Gasteiger partial charge on any atom is -0.481 e. The van der Waals surface area contributed by atoms with Gasteiger partial charge in [-0.05, 0) is 12.5 Å². The van der Waals surface area contributed by atoms with E-state index in [0.29, 0.717) is 11.9 Å². The molecule has 86 valence electrons. The van der Waals surface area contributed by atoms with Crippen molar-refractivity contribution < 1.29 is 4.74 Å². The van der Waals surface area contributed by atoms with Crippen LogP contribution in [0.5, 0.6) is 5.88 Å². The molecule has 1 aromatic rings. The van der Waals surface area contributed by atoms with Gasteiger partial charge in [-0.2, -0.15) is 0 Å². The summed E-state index contributed by atoms with van der Waals surface area (Å²) in [6.07, 6.45) is 8.80. The molecular weight excluding hydrogens is 200 g/mol. The average molecular weight is 218 g/mol. The Hall–Kier alpha value is -1.53. The molecule has 0 aliphatic carbocycles. The van der Waals surface area contributed by atoms with Crippen LogP contribution in [0.4, 0.5) is 0 Å². The molecule has 0 saturated heterocycles. The summed E-state index contributed by atoms with van der Waals surface area (Å²) in [5.41, 5.74) is 1.06. The number of hydrogen-bond acceptors (Lipinski definition) is 3. The van der Waals surface area contributed by atoms with E-state index in [1.807, 2.05) is 12.1 Å². The zero-order valence-corrected chi connectivity index (χ0v) is 9.86. The number of methoxy groups -OCH3 is 1. The Morgan fingerprint density at radius 3 is 3.06 bits per heavy atom. The molecule has 0 aromatic carbocycles. The maximum Gasteiger partial charge on any atom is 0.217 e. The van der Waals surface area contributed by atoms with E-state index in [4.69, 9.17) is 11.2 Å². The van der Waals surface area contributed by atoms with Crippen molar-refractivity contribution in [1.82, 2.24) is 10.3 Å². The average Bonchev–Trinajstić information content (AvgIpc) is 2.34. The molecule has 0 amide bonds. The minimum atomic E-state index is 0.356. The van der Waals surface area contributed by atoms with E-state index in [-0.39, 0.29) is 0 Å². The first-order chi connectivity index (χ1) is 7.81. The van der Waals surface area contributed by atoms with Crippen LogP contribution in [0.2, 0.25) is 0 Å². The number of nitrogens with zero attached hydrogens (tertiary/aromatic N) is 1. The van der Waals surface area contributed by atoms with E-state index < -0.39 is 0 Å². The van der Waals surface area contributed by atoms with Gasteiger partial charge in [0.05, 0.1) is 7.11 Å². The van der Waals surface area contributed by atoms with Crippen LogP contribution in [0.25, 0.3) is 0 Å². The van der Waals surface area contributed by atoms with Crippen molar-refractivity contribution >= 4 is 0 Å². The second-order valence-corrected chi connectivity index (χ2v) is 3.57. The number of nitrogens with one attached hydrogen (secondary N) is 1. The van der Waals surface area contributed by atoms with Crippen LogP contribution in [-0.4, -0.2) is 18.1 Å². The van der Waals surface area contributed by atoms with Crippen LogP contribution < -0.4 is 10.1 Å². The lowest BCUT2D eigenvalue weighted by Gasteiger charge is -2.15. The number of hydrogen-bond donors (Lipinski definition) is 1. The first kappa shape index (κ1) is 12.5. The molecule has 1 heterocycles. The standard InChI is InChI=1S/C13H18N2O/c1-4-7-12(5-2)15-10-11-8-6-9-14-13(11)16-3/h1,6,8-9,12,15H,5,7,10H2,2-3H3. The van der Waals surface area contributed by atoms with Crippen molar-refractivity contribution in [2.45, 2.75) is 32.4 Å². The lowest BCUT2D eigenvalue weighted by Crippen LogP contribution is -2.27. The molecule has 1 aromatic heterocycles. The second kappa shape index (κ2) is 6.86. The predicted octanol–water partition coefficient (Wildman–Crippen LogP) is 1.98. The zero-order valence-electron chi connectivity index (χ0n) is 9.86. The Bertz CT molecular complexity index is 357. The molecule has 3 heteroatoms. The van der Waals surface area contributed by atoms with Gasteiger partial charge in [-0.15, -0.1) is 12.3 Å². The molecule has 16 heavy (non-hydrogen) atoms. The first-order valence-electron chi connectivity index (χ1n) is 5.46. The fourth-order valence-electron chi connectivity index (χ4n) is 1.50. The molecule has 0 aliphatic heterocycles. The summed E-state index contributed by atoms with van der Waals surface area (Å²) in [5.74, 6) is 3.35. The Labute approximate surface area is 97.2 Å². The fourth-order valence-corrected chi connectivity index (χ4v) is 1.50. The Morgan fingerprint density at radius 1 is 1.62 bits per heavy atom. The quantitative estimate of drug-likeness (QED) is 0.741. The maximum absolute atomic E-state index is 5.30. The van der Waals surface area contributed by atoms with Crippen molar-refractivity contribution in [3.05, 3.63) is 23.9 Å². The summed E-state index contributed by atoms with van der Waals surface area (Å²) in [6, 6.07) is 4.26. The van der Waals surface area contributed by atoms with Crippen LogP contribution >= 0.6 is 0 Å². The topological polar surface area (TPSA) is 34.2 Å². The predicted molar refractivity (Wildman–Crippen MR) is 65.2 cm³/mol. The van der Waals surface area contributed by atoms with Crippen molar-refractivity contribution in [2.75, 3.05) is 7.11 Å². The van der Waals surface area contributed by atoms with Crippen molar-refractivity contribution in [1.29, 1.82) is 0 Å². The van der Waals surface area contributed by atoms with Gasteiger partial charge >= 0.3 is 0 Å². The molecule has 1 unspecified atom stereocenters. The molecule has 3 nitrogen and oxygen atoms in total. The van der Waals surface area contributed by atoms with Gasteiger partial charge in [0.2, 0.25) is 5.88 Å². The molecule has 0 radical (unpaired) electrons. The number of terminal acetylenes is 1. The molecule has 0 aliphatic rings. The first-order valence-corrected chi connectivity index (χ1v) is 5.46. The van der Waals surface area contributed by atoms with E-state index >= 15 is 0 Å². The Morgan fingerprint density at radius 2 is 2.44 bits per heavy atom. The fraction of sp³-hybridized carbons (Fsp3) is 0.462. The number of pyridine rings is 1. The summed E-state index contributed by atoms with van der Waals surface area (Å²) in [7, 11) is 1.63. The van der Waals surface area contributed by atoms with Gasteiger partial charge < -0.3 is 10.1 Å². The number of aromatic nitrogens is 1. The summed E-state index contributed by atoms with van der Waals surface area (Å²) in [6.45, 7) is 2.85. The van der Waals surface area contributed by atoms with E-state index in [9.17, 15) is 0 Å². The number of rotatable bonds is 6. The molecule has 0 fully saturated rings. The van der Waals surface area contributed by atoms with Crippen LogP contribution in [0.3, 0.4) is 0 Å². The van der Waals surface area contributed by atoms with Crippen molar-refractivity contribution in [3.63, 3.8) is 0 Å². The SMILES string of the molecule is C#CCC(CC)NCc1cccnc1OC. The normalized spacial score (nSPS) is 11.8. The third-order valence-electron chi connectivity index (χ3n) is 2.48. The monoisotopic (exact) mass is 218 g/mol. The molecule has 0 bridgehead atoms. The van der Waals surface area contributed by atoms with Crippen molar-refractivity contribution in [3.8, 4) is 18.2 Å². The smallest absolute Gasteiger partial charge is 0.217 e. The molecule has 1 N–H and O–H groups in total. The van der Waals surface area contributed by atoms with E-state index in [1.54, 1.807) is 13.3 Å². The number of ether oxygens (including phenoxy) is 1. The third-order valence-corrected chi connectivity index (χ3v) is 2.48. The highest BCUT2D eigenvalue weighted by Crippen LogP contribution is 2.13. The van der Waals surface area contributed by atoms with E-state index in [2.05, 4.69) is 23.1 Å². The second-order valence-electron chi connectivity index (χ2n) is 3.57. The Balaban J connectivity index is 2.56. The van der Waals surface area contributed by atoms with E-state index in [0.717, 1.165) is 24.9 Å². The molecule has 1 rings (SSSR count). The molecule has 1 atom stereocenters. The van der Waals surface area contributed by atoms with Gasteiger partial charge in [-0.1, -0.05) is 13.0 Å². The Kier molecular flexibility index (Phi) is 5.38. The summed E-state index contributed by atoms with van der Waals surface area (Å²) < 4.78 is 5.18. The summed E-state index contributed by atoms with van der Waals surface area (Å²) >= 11 is 0. The van der Waals surface area contributed by atoms with Gasteiger partial charge in [0.15, 0.2) is 0 Å². The summed E-state index contributed by atoms with van der Waals surface area (Å²) in [4.78, 5) is 4.14. The highest BCUT2D eigenvalue weighted by Gasteiger charge is 2.07. The third kappa shape index (κ3) is 3.56. The lowest BCUT2D eigenvalue weighted by atomic mass is 10.1. The van der Waals surface area contributed by atoms with Gasteiger partial charge in [0.1, 0.15) is 0 Å². The highest BCUT2D eigenvalue weighted by molar-refractivity contribution is 5.25. The van der Waals surface area contributed by atoms with Crippen LogP contribution in [0, 0.1) is 12.3 Å². The van der Waals surface area contributed by atoms with Gasteiger partial charge in [-0.25, -0.2) is 4.98 Å². The minimum absolute atomic E-state index is 0.356. The molecule has 0 saturated carbocycles. The lowest BCUT2D eigenvalue weighted by molar-refractivity contribution is 0.387. The molecular formula is C13H18N2O. The van der Waals surface area contributed by atoms with Gasteiger partial charge in [-0.3, -0.25) is 0 Å². The van der Waals surface area contributed by atoms with Crippen molar-refractivity contribution in [2.24, 2.45) is 0 Å².